The van der Waals surface area contributed by atoms with Crippen LogP contribution < -0.4 is 14.4 Å². The Morgan fingerprint density at radius 1 is 1.00 bits per heavy atom. The van der Waals surface area contributed by atoms with Gasteiger partial charge in [-0.1, -0.05) is 24.3 Å². The largest absolute Gasteiger partial charge is 0.534 e. The van der Waals surface area contributed by atoms with Crippen LogP contribution >= 0.6 is 0 Å². The van der Waals surface area contributed by atoms with Crippen molar-refractivity contribution in [2.75, 3.05) is 24.6 Å². The number of nitrogens with one attached hydrogen (secondary N) is 1. The lowest BCUT2D eigenvalue weighted by Gasteiger charge is -2.28. The molecule has 2 fully saturated rings. The topological polar surface area (TPSA) is 125 Å². The molecule has 2 aliphatic heterocycles. The highest BCUT2D eigenvalue weighted by Gasteiger charge is 2.48. The van der Waals surface area contributed by atoms with Gasteiger partial charge >= 0.3 is 21.7 Å². The number of fused-ring (bicyclic) bond motifs is 2. The van der Waals surface area contributed by atoms with Crippen molar-refractivity contribution in [2.24, 2.45) is 0 Å². The van der Waals surface area contributed by atoms with Gasteiger partial charge in [-0.3, -0.25) is 0 Å². The third-order valence-electron chi connectivity index (χ3n) is 8.25. The molecule has 11 nitrogen and oxygen atoms in total. The molecular weight excluding hydrogens is 651 g/mol. The normalized spacial score (nSPS) is 19.7. The Bertz CT molecular complexity index is 1920. The summed E-state index contributed by atoms with van der Waals surface area (Å²) in [5, 5.41) is 9.96. The fourth-order valence-corrected chi connectivity index (χ4v) is 6.59. The van der Waals surface area contributed by atoms with E-state index in [1.165, 1.54) is 18.2 Å². The molecule has 48 heavy (non-hydrogen) atoms. The number of amides is 1. The van der Waals surface area contributed by atoms with E-state index < -0.39 is 39.3 Å². The van der Waals surface area contributed by atoms with Crippen LogP contribution in [0.2, 0.25) is 0 Å². The van der Waals surface area contributed by atoms with Crippen LogP contribution in [0.4, 0.5) is 23.8 Å². The number of ether oxygens (including phenoxy) is 2. The molecule has 0 radical (unpaired) electrons. The van der Waals surface area contributed by atoms with Crippen molar-refractivity contribution in [1.82, 2.24) is 20.1 Å². The van der Waals surface area contributed by atoms with Gasteiger partial charge in [0, 0.05) is 36.5 Å². The second kappa shape index (κ2) is 13.1. The predicted octanol–water partition coefficient (Wildman–Crippen LogP) is 7.06. The first kappa shape index (κ1) is 33.8. The van der Waals surface area contributed by atoms with Crippen LogP contribution in [0.3, 0.4) is 0 Å². The van der Waals surface area contributed by atoms with Crippen LogP contribution in [0, 0.1) is 0 Å². The maximum Gasteiger partial charge on any atom is 0.534 e. The van der Waals surface area contributed by atoms with Crippen molar-refractivity contribution < 1.29 is 40.0 Å². The number of carbonyl (C=O) groups excluding carboxylic acids is 1. The quantitative estimate of drug-likeness (QED) is 0.167. The van der Waals surface area contributed by atoms with Crippen molar-refractivity contribution in [3.63, 3.8) is 0 Å². The average Bonchev–Trinajstić information content (AvgIpc) is 3.23. The van der Waals surface area contributed by atoms with Gasteiger partial charge in [0.15, 0.2) is 6.23 Å². The second-order valence-electron chi connectivity index (χ2n) is 13.1. The van der Waals surface area contributed by atoms with Gasteiger partial charge in [0.05, 0.1) is 11.2 Å². The number of carbonyl (C=O) groups is 1. The van der Waals surface area contributed by atoms with E-state index in [-0.39, 0.29) is 6.04 Å². The number of aromatic nitrogens is 3. The van der Waals surface area contributed by atoms with E-state index in [2.05, 4.69) is 14.4 Å². The second-order valence-corrected chi connectivity index (χ2v) is 14.7. The zero-order valence-corrected chi connectivity index (χ0v) is 27.7. The minimum atomic E-state index is -5.90. The van der Waals surface area contributed by atoms with E-state index in [0.29, 0.717) is 54.2 Å². The molecule has 1 N–H and O–H groups in total. The van der Waals surface area contributed by atoms with E-state index in [0.717, 1.165) is 42.9 Å². The molecule has 1 unspecified atom stereocenters. The molecule has 1 amide bonds. The third kappa shape index (κ3) is 7.31. The number of pyridine rings is 1. The van der Waals surface area contributed by atoms with Crippen molar-refractivity contribution in [1.29, 1.82) is 0 Å². The van der Waals surface area contributed by atoms with E-state index in [4.69, 9.17) is 19.6 Å². The van der Waals surface area contributed by atoms with Crippen molar-refractivity contribution in [3.05, 3.63) is 48.5 Å². The van der Waals surface area contributed by atoms with Gasteiger partial charge in [-0.2, -0.15) is 26.7 Å². The number of hydrogen-bond acceptors (Lipinski definition) is 9. The standard InChI is InChI=1S/C33H38F3N5O6S/c1-32(2,3)46-31(42)37-22-11-6-8-16-40(20-22)30-24-12-5-4-10-21(24)18-26(38-30)29-25-19-23(47-48(43,44)33(34,35)36)14-15-27(25)41(39-29)28-13-7-9-17-45-28/h4-5,10,12,14-15,18-19,22,28H,6-9,11,13,16-17,20H2,1-3H3,(H,37,42)/t22-,28?/m0/s1. The molecule has 15 heteroatoms. The first-order chi connectivity index (χ1) is 22.7. The molecule has 2 atom stereocenters. The minimum Gasteiger partial charge on any atom is -0.444 e. The van der Waals surface area contributed by atoms with Crippen LogP contribution in [0.5, 0.6) is 5.75 Å². The van der Waals surface area contributed by atoms with Gasteiger partial charge in [-0.15, -0.1) is 0 Å². The SMILES string of the molecule is CC(C)(C)OC(=O)N[C@H]1CCCCN(c2nc(-c3nn(C4CCCCO4)c4ccc(OS(=O)(=O)C(F)(F)F)cc34)cc3ccccc23)C1. The highest BCUT2D eigenvalue weighted by molar-refractivity contribution is 7.88. The van der Waals surface area contributed by atoms with Crippen LogP contribution in [-0.4, -0.2) is 66.1 Å². The Balaban J connectivity index is 1.45. The summed E-state index contributed by atoms with van der Waals surface area (Å²) in [6, 6.07) is 13.2. The number of halogens is 3. The number of anilines is 1. The van der Waals surface area contributed by atoms with Gasteiger partial charge in [0.1, 0.15) is 22.9 Å². The van der Waals surface area contributed by atoms with E-state index in [9.17, 15) is 26.4 Å². The zero-order chi connectivity index (χ0) is 34.3. The summed E-state index contributed by atoms with van der Waals surface area (Å²) >= 11 is 0. The summed E-state index contributed by atoms with van der Waals surface area (Å²) in [7, 11) is -5.90. The fraction of sp³-hybridized carbons (Fsp3) is 0.485. The van der Waals surface area contributed by atoms with Gasteiger partial charge in [0.2, 0.25) is 0 Å². The number of rotatable bonds is 6. The van der Waals surface area contributed by atoms with Crippen LogP contribution in [-0.2, 0) is 19.6 Å². The summed E-state index contributed by atoms with van der Waals surface area (Å²) in [5.41, 5.74) is -4.94. The summed E-state index contributed by atoms with van der Waals surface area (Å²) in [4.78, 5) is 19.9. The molecule has 4 aromatic rings. The molecule has 0 aliphatic carbocycles. The van der Waals surface area contributed by atoms with Crippen molar-refractivity contribution >= 4 is 43.7 Å². The first-order valence-electron chi connectivity index (χ1n) is 16.0. The maximum atomic E-state index is 13.2. The van der Waals surface area contributed by atoms with Crippen LogP contribution in [0.1, 0.15) is 65.5 Å². The van der Waals surface area contributed by atoms with Crippen molar-refractivity contribution in [3.8, 4) is 17.1 Å². The van der Waals surface area contributed by atoms with Gasteiger partial charge in [-0.25, -0.2) is 14.5 Å². The lowest BCUT2D eigenvalue weighted by molar-refractivity contribution is -0.0500. The first-order valence-corrected chi connectivity index (χ1v) is 17.4. The number of hydrogen-bond donors (Lipinski definition) is 1. The predicted molar refractivity (Wildman–Crippen MR) is 174 cm³/mol. The minimum absolute atomic E-state index is 0.203. The molecule has 258 valence electrons. The number of alkyl halides is 3. The average molecular weight is 690 g/mol. The number of benzene rings is 2. The third-order valence-corrected chi connectivity index (χ3v) is 9.23. The van der Waals surface area contributed by atoms with E-state index in [1.54, 1.807) is 4.68 Å². The molecule has 2 aromatic carbocycles. The van der Waals surface area contributed by atoms with Gasteiger partial charge < -0.3 is 23.9 Å². The highest BCUT2D eigenvalue weighted by atomic mass is 32.2. The fourth-order valence-electron chi connectivity index (χ4n) is 6.14. The Kier molecular flexibility index (Phi) is 9.20. The molecule has 2 saturated heterocycles. The Hall–Kier alpha value is -4.11. The molecule has 0 bridgehead atoms. The Morgan fingerprint density at radius 2 is 1.77 bits per heavy atom. The van der Waals surface area contributed by atoms with Crippen LogP contribution in [0.15, 0.2) is 48.5 Å². The van der Waals surface area contributed by atoms with E-state index in [1.807, 2.05) is 51.1 Å². The smallest absolute Gasteiger partial charge is 0.444 e. The summed E-state index contributed by atoms with van der Waals surface area (Å²) < 4.78 is 81.1. The lowest BCUT2D eigenvalue weighted by Crippen LogP contribution is -2.45. The maximum absolute atomic E-state index is 13.2. The Morgan fingerprint density at radius 3 is 2.50 bits per heavy atom. The summed E-state index contributed by atoms with van der Waals surface area (Å²) in [5.74, 6) is 0.152. The molecular formula is C33H38F3N5O6S. The highest BCUT2D eigenvalue weighted by Crippen LogP contribution is 2.38. The number of alkyl carbamates (subject to hydrolysis) is 1. The summed E-state index contributed by atoms with van der Waals surface area (Å²) in [6.07, 6.45) is 4.05. The molecule has 2 aliphatic rings. The monoisotopic (exact) mass is 689 g/mol. The van der Waals surface area contributed by atoms with Gasteiger partial charge in [0.25, 0.3) is 0 Å². The van der Waals surface area contributed by atoms with Gasteiger partial charge in [-0.05, 0) is 88.9 Å². The molecule has 0 spiro atoms. The number of nitrogens with zero attached hydrogens (tertiary/aromatic N) is 4. The zero-order valence-electron chi connectivity index (χ0n) is 26.9. The van der Waals surface area contributed by atoms with Crippen molar-refractivity contribution in [2.45, 2.75) is 82.7 Å². The lowest BCUT2D eigenvalue weighted by atomic mass is 10.1. The van der Waals surface area contributed by atoms with Crippen LogP contribution in [0.25, 0.3) is 33.1 Å². The molecule has 2 aromatic heterocycles. The van der Waals surface area contributed by atoms with E-state index >= 15 is 0 Å². The molecule has 4 heterocycles. The molecule has 0 saturated carbocycles. The molecule has 6 rings (SSSR count). The summed E-state index contributed by atoms with van der Waals surface area (Å²) in [6.45, 7) is 7.09. The Labute approximate surface area is 276 Å².